The van der Waals surface area contributed by atoms with Crippen LogP contribution in [-0.2, 0) is 6.54 Å². The highest BCUT2D eigenvalue weighted by Crippen LogP contribution is 2.20. The number of thioether (sulfide) groups is 1. The predicted molar refractivity (Wildman–Crippen MR) is 98.7 cm³/mol. The molecule has 1 aliphatic rings. The third-order valence-electron chi connectivity index (χ3n) is 3.61. The molecule has 3 rings (SSSR count). The average Bonchev–Trinajstić information content (AvgIpc) is 2.99. The van der Waals surface area contributed by atoms with Crippen molar-refractivity contribution in [3.63, 3.8) is 0 Å². The fourth-order valence-electron chi connectivity index (χ4n) is 2.38. The number of aromatic nitrogens is 1. The highest BCUT2D eigenvalue weighted by molar-refractivity contribution is 7.99. The maximum Gasteiger partial charge on any atom is 0.321 e. The van der Waals surface area contributed by atoms with E-state index in [4.69, 9.17) is 0 Å². The van der Waals surface area contributed by atoms with Crippen molar-refractivity contribution in [2.75, 3.05) is 34.8 Å². The van der Waals surface area contributed by atoms with Crippen LogP contribution in [0.1, 0.15) is 11.3 Å². The summed E-state index contributed by atoms with van der Waals surface area (Å²) in [6.07, 6.45) is 0. The number of carbonyl (C=O) groups excluding carboxylic acids is 1. The fourth-order valence-corrected chi connectivity index (χ4v) is 3.97. The molecule has 0 atom stereocenters. The molecule has 0 saturated carbocycles. The van der Waals surface area contributed by atoms with Gasteiger partial charge in [0.15, 0.2) is 5.13 Å². The van der Waals surface area contributed by atoms with Crippen molar-refractivity contribution in [3.8, 4) is 0 Å². The molecule has 0 radical (unpaired) electrons. The number of benzene rings is 1. The number of anilines is 2. The van der Waals surface area contributed by atoms with E-state index in [0.29, 0.717) is 11.7 Å². The van der Waals surface area contributed by atoms with Gasteiger partial charge in [0.05, 0.1) is 5.69 Å². The minimum Gasteiger partial charge on any atom is -0.370 e. The van der Waals surface area contributed by atoms with Crippen LogP contribution in [0.25, 0.3) is 0 Å². The number of hydrogen-bond acceptors (Lipinski definition) is 5. The molecule has 2 N–H and O–H groups in total. The Morgan fingerprint density at radius 1 is 1.26 bits per heavy atom. The Balaban J connectivity index is 1.49. The zero-order chi connectivity index (χ0) is 16.1. The Labute approximate surface area is 144 Å². The maximum absolute atomic E-state index is 11.8. The normalized spacial score (nSPS) is 14.6. The van der Waals surface area contributed by atoms with Gasteiger partial charge in [0.2, 0.25) is 0 Å². The van der Waals surface area contributed by atoms with E-state index >= 15 is 0 Å². The number of nitrogens with one attached hydrogen (secondary N) is 2. The first-order valence-electron chi connectivity index (χ1n) is 7.59. The Hall–Kier alpha value is -1.73. The molecule has 23 heavy (non-hydrogen) atoms. The summed E-state index contributed by atoms with van der Waals surface area (Å²) in [6, 6.07) is 8.19. The molecule has 0 aliphatic carbocycles. The van der Waals surface area contributed by atoms with E-state index in [1.165, 1.54) is 28.5 Å². The summed E-state index contributed by atoms with van der Waals surface area (Å²) in [7, 11) is 0. The van der Waals surface area contributed by atoms with Crippen LogP contribution < -0.4 is 15.5 Å². The van der Waals surface area contributed by atoms with Crippen molar-refractivity contribution >= 4 is 39.9 Å². The van der Waals surface area contributed by atoms with Crippen molar-refractivity contribution in [1.82, 2.24) is 10.3 Å². The lowest BCUT2D eigenvalue weighted by atomic mass is 10.2. The molecule has 2 heterocycles. The van der Waals surface area contributed by atoms with Gasteiger partial charge in [-0.2, -0.15) is 11.8 Å². The second-order valence-electron chi connectivity index (χ2n) is 5.37. The smallest absolute Gasteiger partial charge is 0.321 e. The van der Waals surface area contributed by atoms with E-state index in [-0.39, 0.29) is 6.03 Å². The quantitative estimate of drug-likeness (QED) is 0.890. The molecule has 1 aliphatic heterocycles. The molecular weight excluding hydrogens is 328 g/mol. The van der Waals surface area contributed by atoms with E-state index in [1.54, 1.807) is 0 Å². The zero-order valence-corrected chi connectivity index (χ0v) is 14.7. The summed E-state index contributed by atoms with van der Waals surface area (Å²) >= 11 is 3.44. The zero-order valence-electron chi connectivity index (χ0n) is 13.0. The van der Waals surface area contributed by atoms with Crippen LogP contribution in [0.15, 0.2) is 29.6 Å². The second-order valence-corrected chi connectivity index (χ2v) is 7.45. The third kappa shape index (κ3) is 4.62. The van der Waals surface area contributed by atoms with E-state index in [1.807, 2.05) is 24.1 Å². The number of rotatable bonds is 4. The lowest BCUT2D eigenvalue weighted by Crippen LogP contribution is -2.32. The van der Waals surface area contributed by atoms with Gasteiger partial charge in [-0.05, 0) is 24.6 Å². The van der Waals surface area contributed by atoms with E-state index in [9.17, 15) is 4.79 Å². The lowest BCUT2D eigenvalue weighted by molar-refractivity contribution is 0.251. The molecule has 1 fully saturated rings. The van der Waals surface area contributed by atoms with Gasteiger partial charge >= 0.3 is 6.03 Å². The monoisotopic (exact) mass is 348 g/mol. The summed E-state index contributed by atoms with van der Waals surface area (Å²) in [5, 5.41) is 8.13. The van der Waals surface area contributed by atoms with Gasteiger partial charge in [-0.25, -0.2) is 9.78 Å². The number of hydrogen-bond donors (Lipinski definition) is 2. The van der Waals surface area contributed by atoms with Crippen molar-refractivity contribution < 1.29 is 4.79 Å². The highest BCUT2D eigenvalue weighted by atomic mass is 32.2. The number of nitrogens with zero attached hydrogens (tertiary/aromatic N) is 2. The van der Waals surface area contributed by atoms with Crippen LogP contribution in [0.5, 0.6) is 0 Å². The summed E-state index contributed by atoms with van der Waals surface area (Å²) in [5.41, 5.74) is 3.26. The van der Waals surface area contributed by atoms with Gasteiger partial charge in [-0.15, -0.1) is 11.3 Å². The van der Waals surface area contributed by atoms with E-state index in [2.05, 4.69) is 44.8 Å². The summed E-state index contributed by atoms with van der Waals surface area (Å²) in [4.78, 5) is 18.5. The number of urea groups is 1. The first kappa shape index (κ1) is 16.1. The molecule has 1 saturated heterocycles. The van der Waals surface area contributed by atoms with Crippen LogP contribution >= 0.6 is 23.1 Å². The van der Waals surface area contributed by atoms with Gasteiger partial charge in [0.25, 0.3) is 0 Å². The molecule has 0 unspecified atom stereocenters. The van der Waals surface area contributed by atoms with Crippen LogP contribution in [0.2, 0.25) is 0 Å². The Kier molecular flexibility index (Phi) is 5.40. The minimum absolute atomic E-state index is 0.225. The van der Waals surface area contributed by atoms with E-state index in [0.717, 1.165) is 24.3 Å². The van der Waals surface area contributed by atoms with Crippen LogP contribution in [0.4, 0.5) is 15.6 Å². The number of thiazole rings is 1. The molecule has 5 nitrogen and oxygen atoms in total. The molecule has 1 aromatic carbocycles. The van der Waals surface area contributed by atoms with Crippen molar-refractivity contribution in [2.45, 2.75) is 13.5 Å². The molecule has 2 amide bonds. The maximum atomic E-state index is 11.8. The molecule has 7 heteroatoms. The Bertz CT molecular complexity index is 650. The van der Waals surface area contributed by atoms with Crippen LogP contribution in [-0.4, -0.2) is 35.6 Å². The number of aryl methyl sites for hydroxylation is 1. The largest absolute Gasteiger partial charge is 0.370 e. The lowest BCUT2D eigenvalue weighted by Gasteiger charge is -2.28. The van der Waals surface area contributed by atoms with Gasteiger partial charge in [-0.1, -0.05) is 12.1 Å². The summed E-state index contributed by atoms with van der Waals surface area (Å²) in [5.74, 6) is 2.39. The standard InChI is InChI=1S/C16H20N4OS2/c1-12-11-23-16(18-12)19-15(21)17-10-13-2-4-14(5-3-13)20-6-8-22-9-7-20/h2-5,11H,6-10H2,1H3,(H2,17,18,19,21). The van der Waals surface area contributed by atoms with Crippen LogP contribution in [0.3, 0.4) is 0 Å². The van der Waals surface area contributed by atoms with Gasteiger partial charge in [-0.3, -0.25) is 5.32 Å². The first-order valence-corrected chi connectivity index (χ1v) is 9.63. The molecule has 0 spiro atoms. The molecule has 1 aromatic heterocycles. The van der Waals surface area contributed by atoms with E-state index < -0.39 is 0 Å². The highest BCUT2D eigenvalue weighted by Gasteiger charge is 2.11. The average molecular weight is 348 g/mol. The van der Waals surface area contributed by atoms with Crippen LogP contribution in [0, 0.1) is 6.92 Å². The Morgan fingerprint density at radius 2 is 2.00 bits per heavy atom. The molecular formula is C16H20N4OS2. The summed E-state index contributed by atoms with van der Waals surface area (Å²) in [6.45, 7) is 4.63. The molecule has 122 valence electrons. The van der Waals surface area contributed by atoms with Crippen molar-refractivity contribution in [2.24, 2.45) is 0 Å². The molecule has 0 bridgehead atoms. The van der Waals surface area contributed by atoms with Gasteiger partial charge in [0, 0.05) is 42.2 Å². The topological polar surface area (TPSA) is 57.3 Å². The fraction of sp³-hybridized carbons (Fsp3) is 0.375. The van der Waals surface area contributed by atoms with Gasteiger partial charge in [0.1, 0.15) is 0 Å². The number of amides is 2. The van der Waals surface area contributed by atoms with Gasteiger partial charge < -0.3 is 10.2 Å². The van der Waals surface area contributed by atoms with Crippen molar-refractivity contribution in [3.05, 3.63) is 40.9 Å². The first-order chi connectivity index (χ1) is 11.2. The van der Waals surface area contributed by atoms with Crippen molar-refractivity contribution in [1.29, 1.82) is 0 Å². The summed E-state index contributed by atoms with van der Waals surface area (Å²) < 4.78 is 0. The SMILES string of the molecule is Cc1csc(NC(=O)NCc2ccc(N3CCSCC3)cc2)n1. The number of carbonyl (C=O) groups is 1. The molecule has 2 aromatic rings. The third-order valence-corrected chi connectivity index (χ3v) is 5.42. The minimum atomic E-state index is -0.225. The Morgan fingerprint density at radius 3 is 2.65 bits per heavy atom. The predicted octanol–water partition coefficient (Wildman–Crippen LogP) is 3.33. The second kappa shape index (κ2) is 7.70.